The van der Waals surface area contributed by atoms with Crippen molar-refractivity contribution in [1.29, 1.82) is 0 Å². The first-order valence-electron chi connectivity index (χ1n) is 36.3. The van der Waals surface area contributed by atoms with Crippen LogP contribution >= 0.6 is 34.0 Å². The van der Waals surface area contributed by atoms with Crippen molar-refractivity contribution in [3.63, 3.8) is 0 Å². The van der Waals surface area contributed by atoms with Gasteiger partial charge in [-0.25, -0.2) is 0 Å². The van der Waals surface area contributed by atoms with Crippen LogP contribution in [0.1, 0.15) is 93.6 Å². The molecule has 0 atom stereocenters. The van der Waals surface area contributed by atoms with E-state index in [0.29, 0.717) is 11.5 Å². The number of aryl methyl sites for hydroxylation is 3. The predicted octanol–water partition coefficient (Wildman–Crippen LogP) is 25.4. The smallest absolute Gasteiger partial charge is 0.162 e. The summed E-state index contributed by atoms with van der Waals surface area (Å²) in [5.74, 6) is 1.21. The van der Waals surface area contributed by atoms with E-state index in [2.05, 4.69) is 200 Å². The van der Waals surface area contributed by atoms with Gasteiger partial charge in [-0.3, -0.25) is 4.79 Å². The molecule has 0 spiro atoms. The van der Waals surface area contributed by atoms with Gasteiger partial charge in [0.1, 0.15) is 0 Å². The van der Waals surface area contributed by atoms with Crippen LogP contribution in [0.25, 0.3) is 107 Å². The van der Waals surface area contributed by atoms with Gasteiger partial charge in [0.25, 0.3) is 0 Å². The summed E-state index contributed by atoms with van der Waals surface area (Å²) >= 11 is 5.22. The zero-order chi connectivity index (χ0) is 73.9. The summed E-state index contributed by atoms with van der Waals surface area (Å²) in [6.07, 6.45) is 14.0. The summed E-state index contributed by atoms with van der Waals surface area (Å²) in [7, 11) is -1.34. The number of hydrogen-bond donors (Lipinski definition) is 1. The SMILES string of the molecule is CC(C)Cc1cc(-c2[c-]cccc2)ncc1[Si](C)(C)C.CCC(CC)C(=O)C=C(O)C(CC)CC.[2H]C([2H])([2H])c1ccc(-c2cc3cc(-c4[c-]c(C)cc(C)c4)ncc3s2)cc1.[Ir].[Ir].[Ir].[c-]1ccccc1-c1cc2cc(-c3ccccc3)sc2cn1.[c-]1ccccc1-c1cc2cc(-c3ccccc3)sc2cn1. The van der Waals surface area contributed by atoms with Gasteiger partial charge in [0.15, 0.2) is 5.78 Å². The maximum Gasteiger partial charge on any atom is 0.162 e. The van der Waals surface area contributed by atoms with Gasteiger partial charge >= 0.3 is 0 Å². The van der Waals surface area contributed by atoms with Gasteiger partial charge in [0.05, 0.1) is 27.9 Å². The molecule has 7 aromatic heterocycles. The Hall–Kier alpha value is -7.61. The fraction of sp³-hybridized carbons (Fsp3) is 0.220. The van der Waals surface area contributed by atoms with E-state index >= 15 is 0 Å². The molecule has 0 aliphatic carbocycles. The van der Waals surface area contributed by atoms with E-state index in [1.165, 1.54) is 63.4 Å². The summed E-state index contributed by atoms with van der Waals surface area (Å²) in [6.45, 7) is 21.9. The average Bonchev–Trinajstić information content (AvgIpc) is 1.82. The fourth-order valence-corrected chi connectivity index (χ4v) is 16.6. The van der Waals surface area contributed by atoms with E-state index < -0.39 is 14.9 Å². The normalized spacial score (nSPS) is 11.6. The van der Waals surface area contributed by atoms with Gasteiger partial charge in [-0.2, -0.15) is 0 Å². The van der Waals surface area contributed by atoms with Crippen molar-refractivity contribution in [2.75, 3.05) is 0 Å². The Morgan fingerprint density at radius 2 is 0.875 bits per heavy atom. The van der Waals surface area contributed by atoms with Crippen LogP contribution in [0.4, 0.5) is 0 Å². The molecule has 0 saturated carbocycles. The third-order valence-corrected chi connectivity index (χ3v) is 22.9. The number of ketones is 1. The Morgan fingerprint density at radius 1 is 0.481 bits per heavy atom. The van der Waals surface area contributed by atoms with Crippen LogP contribution in [-0.2, 0) is 71.5 Å². The minimum absolute atomic E-state index is 0. The minimum atomic E-state index is -2.07. The molecule has 0 bridgehead atoms. The number of nitrogens with zero attached hydrogens (tertiary/aromatic N) is 4. The van der Waals surface area contributed by atoms with Gasteiger partial charge in [0, 0.05) is 122 Å². The number of pyridine rings is 4. The molecule has 0 fully saturated rings. The second kappa shape index (κ2) is 40.8. The molecule has 3 radical (unpaired) electrons. The number of aromatic nitrogens is 4. The van der Waals surface area contributed by atoms with Crippen LogP contribution < -0.4 is 5.19 Å². The molecular weight excluding hydrogens is 1880 g/mol. The molecule has 6 nitrogen and oxygen atoms in total. The maximum atomic E-state index is 11.7. The van der Waals surface area contributed by atoms with E-state index in [0.717, 1.165) is 103 Å². The number of rotatable bonds is 17. The van der Waals surface area contributed by atoms with Crippen LogP contribution in [0, 0.1) is 62.7 Å². The standard InChI is InChI=1S/C22H18NS.2C19H12NS.C18H24NSi.C13H24O2.3Ir/c1-14-4-6-17(7-5-14)21-12-19-11-20(23-13-22(19)24-21)18-9-15(2)8-16(3)10-18;2*1-3-7-14(8-4-1)17-11-16-12-18(21-19(16)13-20-17)15-9-5-2-6-10-15;1-14(2)11-16-12-17(15-9-7-6-8-10-15)19-13-18(16)20(3,4)5;1-5-10(6-2)12(14)9-13(15)11(7-3)8-4;;;/h4-9,11-13H,1-3H3;2*1-7,9-13H;6-9,12-14H,11H2,1-5H3;9-11,14H,5-8H2,1-4H3;;;/q4*-1;;;;/i1D3;;;;;;;. The molecule has 7 aromatic carbocycles. The number of allylic oxidation sites excluding steroid dienone is 2. The van der Waals surface area contributed by atoms with Crippen molar-refractivity contribution in [2.45, 2.75) is 114 Å². The summed E-state index contributed by atoms with van der Waals surface area (Å²) in [5.41, 5.74) is 15.7. The first-order chi connectivity index (χ1) is 50.1. The molecule has 0 aliphatic rings. The summed E-state index contributed by atoms with van der Waals surface area (Å²) in [4.78, 5) is 33.8. The number of carbonyl (C=O) groups is 1. The molecule has 0 saturated heterocycles. The van der Waals surface area contributed by atoms with Crippen molar-refractivity contribution in [3.05, 3.63) is 295 Å². The number of aliphatic hydroxyl groups excluding tert-OH is 1. The second-order valence-corrected chi connectivity index (χ2v) is 34.9. The van der Waals surface area contributed by atoms with Crippen LogP contribution in [0.5, 0.6) is 0 Å². The van der Waals surface area contributed by atoms with E-state index in [9.17, 15) is 9.90 Å². The van der Waals surface area contributed by atoms with E-state index in [1.54, 1.807) is 46.1 Å². The Morgan fingerprint density at radius 3 is 1.25 bits per heavy atom. The molecule has 14 aromatic rings. The Kier molecular flexibility index (Phi) is 31.0. The summed E-state index contributed by atoms with van der Waals surface area (Å²) in [6, 6.07) is 84.6. The molecule has 0 aliphatic heterocycles. The maximum absolute atomic E-state index is 11.7. The predicted molar refractivity (Wildman–Crippen MR) is 436 cm³/mol. The van der Waals surface area contributed by atoms with Crippen LogP contribution in [0.15, 0.2) is 249 Å². The first-order valence-corrected chi connectivity index (χ1v) is 40.8. The summed E-state index contributed by atoms with van der Waals surface area (Å²) < 4.78 is 26.0. The van der Waals surface area contributed by atoms with E-state index in [4.69, 9.17) is 4.11 Å². The molecule has 0 unspecified atom stereocenters. The number of carbonyl (C=O) groups excluding carboxylic acids is 1. The molecule has 104 heavy (non-hydrogen) atoms. The Labute approximate surface area is 675 Å². The van der Waals surface area contributed by atoms with E-state index in [1.807, 2.05) is 144 Å². The Balaban J connectivity index is 0.000000187. The van der Waals surface area contributed by atoms with Gasteiger partial charge in [0.2, 0.25) is 0 Å². The Bertz CT molecular complexity index is 4870. The molecule has 0 amide bonds. The van der Waals surface area contributed by atoms with Crippen LogP contribution in [-0.4, -0.2) is 38.9 Å². The topological polar surface area (TPSA) is 88.9 Å². The number of hydrogen-bond acceptors (Lipinski definition) is 9. The van der Waals surface area contributed by atoms with E-state index in [-0.39, 0.29) is 83.7 Å². The molecular formula is C91H90Ir3N4O2S3Si-4. The second-order valence-electron chi connectivity index (χ2n) is 26.6. The number of thiophene rings is 3. The van der Waals surface area contributed by atoms with Gasteiger partial charge in [-0.05, 0) is 124 Å². The molecule has 13 heteroatoms. The van der Waals surface area contributed by atoms with Gasteiger partial charge < -0.3 is 25.0 Å². The quantitative estimate of drug-likeness (QED) is 0.0423. The third kappa shape index (κ3) is 23.2. The van der Waals surface area contributed by atoms with Crippen molar-refractivity contribution >= 4 is 83.3 Å². The molecule has 14 rings (SSSR count). The average molecular weight is 1980 g/mol. The fourth-order valence-electron chi connectivity index (χ4n) is 11.9. The zero-order valence-electron chi connectivity index (χ0n) is 63.7. The number of fused-ring (bicyclic) bond motifs is 3. The van der Waals surface area contributed by atoms with Crippen molar-refractivity contribution < 1.29 is 74.3 Å². The zero-order valence-corrected chi connectivity index (χ0v) is 71.4. The van der Waals surface area contributed by atoms with Crippen molar-refractivity contribution in [2.24, 2.45) is 17.8 Å². The van der Waals surface area contributed by atoms with Crippen LogP contribution in [0.3, 0.4) is 0 Å². The number of aliphatic hydroxyl groups is 1. The van der Waals surface area contributed by atoms with Crippen molar-refractivity contribution in [1.82, 2.24) is 19.9 Å². The molecule has 1 N–H and O–H groups in total. The monoisotopic (exact) mass is 1980 g/mol. The van der Waals surface area contributed by atoms with Crippen molar-refractivity contribution in [3.8, 4) is 76.4 Å². The van der Waals surface area contributed by atoms with Crippen LogP contribution in [0.2, 0.25) is 19.6 Å². The number of benzene rings is 7. The first kappa shape index (κ1) is 79.0. The molecule has 7 heterocycles. The largest absolute Gasteiger partial charge is 0.512 e. The summed E-state index contributed by atoms with van der Waals surface area (Å²) in [5, 5.41) is 14.9. The van der Waals surface area contributed by atoms with Gasteiger partial charge in [-0.15, -0.1) is 177 Å². The minimum Gasteiger partial charge on any atom is -0.512 e. The third-order valence-electron chi connectivity index (χ3n) is 17.4. The van der Waals surface area contributed by atoms with Gasteiger partial charge in [-0.1, -0.05) is 195 Å². The molecule has 539 valence electrons.